The number of hydrogen-bond donors (Lipinski definition) is 1. The number of benzene rings is 1. The summed E-state index contributed by atoms with van der Waals surface area (Å²) in [5.74, 6) is -0.130. The Morgan fingerprint density at radius 3 is 2.35 bits per heavy atom. The summed E-state index contributed by atoms with van der Waals surface area (Å²) in [6, 6.07) is 4.56. The van der Waals surface area contributed by atoms with Crippen molar-refractivity contribution in [3.8, 4) is 5.75 Å². The van der Waals surface area contributed by atoms with Gasteiger partial charge in [0.25, 0.3) is 0 Å². The van der Waals surface area contributed by atoms with E-state index < -0.39 is 22.1 Å². The number of hydrogen-bond acceptors (Lipinski definition) is 4. The Morgan fingerprint density at radius 1 is 1.13 bits per heavy atom. The van der Waals surface area contributed by atoms with E-state index in [0.29, 0.717) is 12.8 Å². The largest absolute Gasteiger partial charge is 0.573 e. The zero-order valence-electron chi connectivity index (χ0n) is 17.5. The molecular weight excluding hydrogens is 433 g/mol. The number of alkyl halides is 3. The van der Waals surface area contributed by atoms with Crippen molar-refractivity contribution in [2.45, 2.75) is 69.2 Å². The number of halogens is 3. The van der Waals surface area contributed by atoms with Crippen molar-refractivity contribution in [2.24, 2.45) is 11.8 Å². The SMILES string of the molecule is CCC1CCC(NC(=O)C2CCN(S(=O)(=O)c3cccc(OC(F)(F)F)c3)CC2)CC1. The molecule has 1 saturated carbocycles. The normalized spacial score (nSPS) is 24.0. The third-order valence-corrected chi connectivity index (χ3v) is 8.17. The van der Waals surface area contributed by atoms with E-state index >= 15 is 0 Å². The monoisotopic (exact) mass is 462 g/mol. The molecule has 0 aromatic heterocycles. The van der Waals surface area contributed by atoms with Crippen LogP contribution in [0.5, 0.6) is 5.75 Å². The van der Waals surface area contributed by atoms with Crippen molar-refractivity contribution in [1.29, 1.82) is 0 Å². The van der Waals surface area contributed by atoms with E-state index in [1.54, 1.807) is 0 Å². The van der Waals surface area contributed by atoms with Crippen LogP contribution in [0.15, 0.2) is 29.2 Å². The summed E-state index contributed by atoms with van der Waals surface area (Å²) in [5.41, 5.74) is 0. The lowest BCUT2D eigenvalue weighted by molar-refractivity contribution is -0.274. The first-order chi connectivity index (χ1) is 14.6. The maximum absolute atomic E-state index is 12.8. The summed E-state index contributed by atoms with van der Waals surface area (Å²) in [6.45, 7) is 2.48. The van der Waals surface area contributed by atoms with Crippen molar-refractivity contribution < 1.29 is 31.1 Å². The van der Waals surface area contributed by atoms with Crippen LogP contribution in [-0.4, -0.2) is 44.1 Å². The molecule has 10 heteroatoms. The van der Waals surface area contributed by atoms with Crippen molar-refractivity contribution in [3.05, 3.63) is 24.3 Å². The highest BCUT2D eigenvalue weighted by molar-refractivity contribution is 7.89. The van der Waals surface area contributed by atoms with E-state index in [1.807, 2.05) is 0 Å². The van der Waals surface area contributed by atoms with E-state index in [1.165, 1.54) is 22.9 Å². The van der Waals surface area contributed by atoms with Crippen molar-refractivity contribution in [1.82, 2.24) is 9.62 Å². The van der Waals surface area contributed by atoms with Crippen molar-refractivity contribution >= 4 is 15.9 Å². The molecule has 0 unspecified atom stereocenters. The lowest BCUT2D eigenvalue weighted by Gasteiger charge is -2.33. The third-order valence-electron chi connectivity index (χ3n) is 6.27. The van der Waals surface area contributed by atoms with Crippen LogP contribution < -0.4 is 10.1 Å². The molecule has 1 aromatic rings. The highest BCUT2D eigenvalue weighted by atomic mass is 32.2. The van der Waals surface area contributed by atoms with Gasteiger partial charge in [0.2, 0.25) is 15.9 Å². The molecule has 0 bridgehead atoms. The average Bonchev–Trinajstić information content (AvgIpc) is 2.73. The molecule has 174 valence electrons. The molecule has 6 nitrogen and oxygen atoms in total. The maximum atomic E-state index is 12.8. The zero-order chi connectivity index (χ0) is 22.6. The summed E-state index contributed by atoms with van der Waals surface area (Å²) in [5, 5.41) is 3.12. The molecule has 1 amide bonds. The molecule has 0 spiro atoms. The second-order valence-corrected chi connectivity index (χ2v) is 10.3. The number of carbonyl (C=O) groups is 1. The van der Waals surface area contributed by atoms with Gasteiger partial charge in [0.05, 0.1) is 4.90 Å². The van der Waals surface area contributed by atoms with Gasteiger partial charge >= 0.3 is 6.36 Å². The first-order valence-corrected chi connectivity index (χ1v) is 12.2. The van der Waals surface area contributed by atoms with Crippen LogP contribution in [0.3, 0.4) is 0 Å². The Hall–Kier alpha value is -1.81. The Morgan fingerprint density at radius 2 is 1.77 bits per heavy atom. The van der Waals surface area contributed by atoms with Gasteiger partial charge < -0.3 is 10.1 Å². The van der Waals surface area contributed by atoms with Gasteiger partial charge in [-0.3, -0.25) is 4.79 Å². The van der Waals surface area contributed by atoms with Crippen LogP contribution in [0.25, 0.3) is 0 Å². The lowest BCUT2D eigenvalue weighted by Crippen LogP contribution is -2.46. The molecule has 0 atom stereocenters. The van der Waals surface area contributed by atoms with Gasteiger partial charge in [-0.15, -0.1) is 13.2 Å². The number of amides is 1. The average molecular weight is 463 g/mol. The second-order valence-electron chi connectivity index (χ2n) is 8.34. The minimum absolute atomic E-state index is 0.0300. The molecule has 1 saturated heterocycles. The zero-order valence-corrected chi connectivity index (χ0v) is 18.3. The van der Waals surface area contributed by atoms with Crippen molar-refractivity contribution in [2.75, 3.05) is 13.1 Å². The Bertz CT molecular complexity index is 860. The number of carbonyl (C=O) groups excluding carboxylic acids is 1. The molecular formula is C21H29F3N2O4S. The molecule has 31 heavy (non-hydrogen) atoms. The lowest BCUT2D eigenvalue weighted by atomic mass is 9.84. The van der Waals surface area contributed by atoms with Gasteiger partial charge in [-0.2, -0.15) is 4.31 Å². The second kappa shape index (κ2) is 9.77. The molecule has 1 N–H and O–H groups in total. The number of piperidine rings is 1. The van der Waals surface area contributed by atoms with Gasteiger partial charge in [0.1, 0.15) is 5.75 Å². The predicted octanol–water partition coefficient (Wildman–Crippen LogP) is 4.07. The molecule has 1 aromatic carbocycles. The fourth-order valence-corrected chi connectivity index (χ4v) is 5.88. The molecule has 1 aliphatic carbocycles. The quantitative estimate of drug-likeness (QED) is 0.692. The van der Waals surface area contributed by atoms with Crippen molar-refractivity contribution in [3.63, 3.8) is 0 Å². The Balaban J connectivity index is 1.55. The van der Waals surface area contributed by atoms with E-state index in [9.17, 15) is 26.4 Å². The maximum Gasteiger partial charge on any atom is 0.573 e. The molecule has 3 rings (SSSR count). The Labute approximate surface area is 181 Å². The van der Waals surface area contributed by atoms with Gasteiger partial charge in [0, 0.05) is 31.1 Å². The number of rotatable bonds is 6. The molecule has 0 radical (unpaired) electrons. The standard InChI is InChI=1S/C21H29F3N2O4S/c1-2-15-6-8-17(9-7-15)25-20(27)16-10-12-26(13-11-16)31(28,29)19-5-3-4-18(14-19)30-21(22,23)24/h3-5,14-17H,2,6-13H2,1H3,(H,25,27). The fourth-order valence-electron chi connectivity index (χ4n) is 4.37. The summed E-state index contributed by atoms with van der Waals surface area (Å²) in [4.78, 5) is 12.4. The number of nitrogens with one attached hydrogen (secondary N) is 1. The van der Waals surface area contributed by atoms with E-state index in [4.69, 9.17) is 0 Å². The van der Waals surface area contributed by atoms with Gasteiger partial charge in [-0.25, -0.2) is 8.42 Å². The topological polar surface area (TPSA) is 75.7 Å². The van der Waals surface area contributed by atoms with Crippen LogP contribution in [0.1, 0.15) is 51.9 Å². The highest BCUT2D eigenvalue weighted by Gasteiger charge is 2.35. The van der Waals surface area contributed by atoms with Crippen LogP contribution in [-0.2, 0) is 14.8 Å². The van der Waals surface area contributed by atoms with E-state index in [2.05, 4.69) is 17.0 Å². The smallest absolute Gasteiger partial charge is 0.406 e. The first kappa shape index (κ1) is 23.8. The molecule has 2 aliphatic rings. The van der Waals surface area contributed by atoms with Crippen LogP contribution in [0, 0.1) is 11.8 Å². The predicted molar refractivity (Wildman–Crippen MR) is 109 cm³/mol. The summed E-state index contributed by atoms with van der Waals surface area (Å²) >= 11 is 0. The van der Waals surface area contributed by atoms with E-state index in [0.717, 1.165) is 43.7 Å². The number of ether oxygens (including phenoxy) is 1. The number of sulfonamides is 1. The van der Waals surface area contributed by atoms with Gasteiger partial charge in [-0.05, 0) is 56.6 Å². The molecule has 2 fully saturated rings. The van der Waals surface area contributed by atoms with Crippen LogP contribution in [0.4, 0.5) is 13.2 Å². The summed E-state index contributed by atoms with van der Waals surface area (Å²) < 4.78 is 68.0. The van der Waals surface area contributed by atoms with Gasteiger partial charge in [0.15, 0.2) is 0 Å². The summed E-state index contributed by atoms with van der Waals surface area (Å²) in [6.07, 6.45) is 1.23. The van der Waals surface area contributed by atoms with Gasteiger partial charge in [-0.1, -0.05) is 19.4 Å². The number of nitrogens with zero attached hydrogens (tertiary/aromatic N) is 1. The third kappa shape index (κ3) is 6.35. The Kier molecular flexibility index (Phi) is 7.51. The molecule has 1 aliphatic heterocycles. The van der Waals surface area contributed by atoms with Crippen LogP contribution >= 0.6 is 0 Å². The fraction of sp³-hybridized carbons (Fsp3) is 0.667. The minimum atomic E-state index is -4.90. The minimum Gasteiger partial charge on any atom is -0.406 e. The van der Waals surface area contributed by atoms with Crippen LogP contribution in [0.2, 0.25) is 0 Å². The summed E-state index contributed by atoms with van der Waals surface area (Å²) in [7, 11) is -3.97. The molecule has 1 heterocycles. The highest BCUT2D eigenvalue weighted by Crippen LogP contribution is 2.30. The first-order valence-electron chi connectivity index (χ1n) is 10.7. The van der Waals surface area contributed by atoms with E-state index in [-0.39, 0.29) is 35.9 Å².